The Labute approximate surface area is 355 Å². The number of carboxylic acids is 2. The Bertz CT molecular complexity index is 1710. The molecule has 298 valence electrons. The Morgan fingerprint density at radius 2 is 0.789 bits per heavy atom. The number of hydrogen-bond acceptors (Lipinski definition) is 11. The Balaban J connectivity index is 0.00000158. The predicted octanol–water partition coefficient (Wildman–Crippen LogP) is 6.29. The first-order valence-corrected chi connectivity index (χ1v) is 18.4. The summed E-state index contributed by atoms with van der Waals surface area (Å²) in [6.45, 7) is 5.07. The van der Waals surface area contributed by atoms with Crippen molar-refractivity contribution in [2.45, 2.75) is 53.1 Å². The van der Waals surface area contributed by atoms with Gasteiger partial charge in [-0.05, 0) is 85.6 Å². The maximum absolute atomic E-state index is 13.8. The first kappa shape index (κ1) is 53.0. The summed E-state index contributed by atoms with van der Waals surface area (Å²) < 4.78 is 59.2. The minimum Gasteiger partial charge on any atom is -0.872 e. The number of hydrogen-bond donors (Lipinski definition) is 0. The standard InChI is InChI=1S/C32H31ClN6O.2C2H4O2.F6P.2Zn/c33-27-17-25(19-38(21-28-9-1-5-13-34-28)22-29-10-2-6-14-35-29)32(40)26(18-27)20-39(23-30-11-3-7-15-36-30)24-31-12-4-8-16-37-31;2*1-2(3)4;1-7(2,3,4,5)6;;/h1-18,40H,19-24H2;2*1H3,(H,3,4);;;/q;;;-1;2*+2/p-3. The van der Waals surface area contributed by atoms with Crippen molar-refractivity contribution in [1.29, 1.82) is 0 Å². The molecule has 57 heavy (non-hydrogen) atoms. The number of carbonyl (C=O) groups is 2. The number of aromatic nitrogens is 4. The van der Waals surface area contributed by atoms with Crippen LogP contribution in [0.3, 0.4) is 0 Å². The van der Waals surface area contributed by atoms with Crippen LogP contribution in [0.5, 0.6) is 5.75 Å². The third-order valence-corrected chi connectivity index (χ3v) is 6.66. The van der Waals surface area contributed by atoms with Gasteiger partial charge in [0.15, 0.2) is 0 Å². The van der Waals surface area contributed by atoms with E-state index >= 15 is 0 Å². The fourth-order valence-corrected chi connectivity index (χ4v) is 4.91. The van der Waals surface area contributed by atoms with Crippen LogP contribution >= 0.6 is 19.4 Å². The monoisotopic (exact) mass is 940 g/mol. The van der Waals surface area contributed by atoms with Crippen LogP contribution < -0.4 is 15.3 Å². The van der Waals surface area contributed by atoms with E-state index in [4.69, 9.17) is 31.4 Å². The molecule has 0 aliphatic carbocycles. The fourth-order valence-electron chi connectivity index (χ4n) is 4.65. The third kappa shape index (κ3) is 28.1. The second kappa shape index (κ2) is 24.1. The molecule has 0 amide bonds. The van der Waals surface area contributed by atoms with Crippen molar-refractivity contribution < 1.29 is 89.0 Å². The summed E-state index contributed by atoms with van der Waals surface area (Å²) in [4.78, 5) is 40.1. The number of carbonyl (C=O) groups excluding carboxylic acids is 2. The topological polar surface area (TPSA) is 161 Å². The van der Waals surface area contributed by atoms with Gasteiger partial charge < -0.3 is 24.9 Å². The summed E-state index contributed by atoms with van der Waals surface area (Å²) in [5.74, 6) is -2.18. The van der Waals surface area contributed by atoms with E-state index < -0.39 is 19.7 Å². The van der Waals surface area contributed by atoms with Gasteiger partial charge in [-0.15, -0.1) is 0 Å². The predicted molar refractivity (Wildman–Crippen MR) is 189 cm³/mol. The molecule has 0 atom stereocenters. The molecule has 1 aromatic carbocycles. The summed E-state index contributed by atoms with van der Waals surface area (Å²) in [7, 11) is -10.7. The van der Waals surface area contributed by atoms with Crippen molar-refractivity contribution >= 4 is 31.3 Å². The maximum Gasteiger partial charge on any atom is 2.00 e. The molecule has 0 spiro atoms. The van der Waals surface area contributed by atoms with Crippen molar-refractivity contribution in [2.24, 2.45) is 0 Å². The van der Waals surface area contributed by atoms with Crippen LogP contribution in [-0.4, -0.2) is 41.7 Å². The number of aliphatic carboxylic acids is 2. The van der Waals surface area contributed by atoms with E-state index in [1.165, 1.54) is 0 Å². The number of nitrogens with zero attached hydrogens (tertiary/aromatic N) is 6. The summed E-state index contributed by atoms with van der Waals surface area (Å²) in [5, 5.41) is 32.1. The van der Waals surface area contributed by atoms with Crippen LogP contribution in [0.2, 0.25) is 5.02 Å². The van der Waals surface area contributed by atoms with Crippen molar-refractivity contribution in [1.82, 2.24) is 29.7 Å². The minimum atomic E-state index is -10.7. The Morgan fingerprint density at radius 3 is 0.982 bits per heavy atom. The van der Waals surface area contributed by atoms with E-state index in [1.54, 1.807) is 36.9 Å². The quantitative estimate of drug-likeness (QED) is 0.0786. The summed E-state index contributed by atoms with van der Waals surface area (Å²) in [6.07, 6.45) is 7.12. The Kier molecular flexibility index (Phi) is 22.4. The fraction of sp³-hybridized carbons (Fsp3) is 0.222. The Morgan fingerprint density at radius 1 is 0.561 bits per heavy atom. The van der Waals surface area contributed by atoms with Crippen LogP contribution in [0.25, 0.3) is 0 Å². The van der Waals surface area contributed by atoms with Gasteiger partial charge in [-0.1, -0.05) is 41.6 Å². The number of carboxylic acid groups (broad SMARTS) is 2. The number of halogens is 7. The summed E-state index contributed by atoms with van der Waals surface area (Å²) >= 11 is 6.60. The van der Waals surface area contributed by atoms with Crippen molar-refractivity contribution in [3.63, 3.8) is 0 Å². The van der Waals surface area contributed by atoms with Gasteiger partial charge in [0.25, 0.3) is 0 Å². The zero-order valence-electron chi connectivity index (χ0n) is 30.9. The molecular weight excluding hydrogens is 908 g/mol. The molecule has 5 rings (SSSR count). The zero-order chi connectivity index (χ0) is 41.1. The van der Waals surface area contributed by atoms with Crippen LogP contribution in [0, 0.1) is 0 Å². The molecular formula is C36H36ClF6N6O5PZn2. The average molecular weight is 944 g/mol. The van der Waals surface area contributed by atoms with Crippen LogP contribution in [0.15, 0.2) is 110 Å². The zero-order valence-corrected chi connectivity index (χ0v) is 38.5. The third-order valence-electron chi connectivity index (χ3n) is 6.44. The molecule has 5 aromatic rings. The largest absolute Gasteiger partial charge is 2.00 e. The first-order chi connectivity index (χ1) is 25.5. The molecule has 0 aliphatic rings. The van der Waals surface area contributed by atoms with Gasteiger partial charge in [0.2, 0.25) is 0 Å². The number of pyridine rings is 4. The van der Waals surface area contributed by atoms with Gasteiger partial charge in [0.1, 0.15) is 0 Å². The van der Waals surface area contributed by atoms with Gasteiger partial charge in [0.05, 0.1) is 22.8 Å². The number of benzene rings is 1. The van der Waals surface area contributed by atoms with E-state index in [1.807, 2.05) is 72.8 Å². The molecule has 0 fully saturated rings. The molecule has 4 aromatic heterocycles. The minimum absolute atomic E-state index is 0. The molecule has 0 saturated carbocycles. The van der Waals surface area contributed by atoms with E-state index in [9.17, 15) is 30.3 Å². The number of rotatable bonds is 12. The first-order valence-electron chi connectivity index (χ1n) is 16.0. The van der Waals surface area contributed by atoms with Gasteiger partial charge in [0, 0.05) is 81.0 Å². The van der Waals surface area contributed by atoms with Gasteiger partial charge in [-0.25, -0.2) is 0 Å². The van der Waals surface area contributed by atoms with Gasteiger partial charge in [-0.2, -0.15) is 0 Å². The summed E-state index contributed by atoms with van der Waals surface area (Å²) in [5.41, 5.74) is 4.97. The maximum atomic E-state index is 13.8. The van der Waals surface area contributed by atoms with Crippen molar-refractivity contribution in [2.75, 3.05) is 0 Å². The van der Waals surface area contributed by atoms with Gasteiger partial charge >= 0.3 is 71.9 Å². The van der Waals surface area contributed by atoms with E-state index in [-0.39, 0.29) is 44.7 Å². The summed E-state index contributed by atoms with van der Waals surface area (Å²) in [6, 6.07) is 27.0. The normalized spacial score (nSPS) is 11.6. The molecule has 4 heterocycles. The second-order valence-corrected chi connectivity index (χ2v) is 13.9. The van der Waals surface area contributed by atoms with Crippen LogP contribution in [0.1, 0.15) is 47.8 Å². The van der Waals surface area contributed by atoms with Gasteiger partial charge in [-0.3, -0.25) is 29.7 Å². The van der Waals surface area contributed by atoms with Crippen molar-refractivity contribution in [3.8, 4) is 5.75 Å². The van der Waals surface area contributed by atoms with Crippen molar-refractivity contribution in [3.05, 3.63) is 149 Å². The average Bonchev–Trinajstić information content (AvgIpc) is 3.07. The molecule has 11 nitrogen and oxygen atoms in total. The molecule has 21 heteroatoms. The molecule has 0 bridgehead atoms. The SMILES string of the molecule is CC(=O)[O-].CC(=O)[O-].F[P-](F)(F)(F)(F)F.[O-]c1c(CN(Cc2ccccn2)Cc2ccccn2)cc(Cl)cc1CN(Cc1ccccn1)Cc1ccccn1.[Zn+2].[Zn+2]. The second-order valence-electron chi connectivity index (χ2n) is 11.6. The molecule has 0 radical (unpaired) electrons. The van der Waals surface area contributed by atoms with Crippen LogP contribution in [0.4, 0.5) is 25.2 Å². The smallest absolute Gasteiger partial charge is 0.872 e. The van der Waals surface area contributed by atoms with E-state index in [0.29, 0.717) is 55.4 Å². The molecule has 0 saturated heterocycles. The molecule has 0 unspecified atom stereocenters. The van der Waals surface area contributed by atoms with Crippen LogP contribution in [-0.2, 0) is 87.8 Å². The molecule has 0 aliphatic heterocycles. The van der Waals surface area contributed by atoms with E-state index in [2.05, 4.69) is 29.7 Å². The van der Waals surface area contributed by atoms with E-state index in [0.717, 1.165) is 36.6 Å². The molecule has 0 N–H and O–H groups in total. The Hall–Kier alpha value is -3.97.